The maximum Gasteiger partial charge on any atom is 0.220 e. The van der Waals surface area contributed by atoms with Gasteiger partial charge in [0.1, 0.15) is 0 Å². The van der Waals surface area contributed by atoms with Crippen LogP contribution >= 0.6 is 11.6 Å². The Morgan fingerprint density at radius 2 is 1.94 bits per heavy atom. The Kier molecular flexibility index (Phi) is 6.16. The standard InChI is InChI=1S/C14H21ClN2O/c1-10(9-16)3-8-14(18)17-11(2)12-4-6-13(15)7-5-12/h4-7,10-11H,3,8-9,16H2,1-2H3,(H,17,18)/t10?,11-/m0/s1. The zero-order chi connectivity index (χ0) is 13.5. The lowest BCUT2D eigenvalue weighted by Crippen LogP contribution is -2.27. The summed E-state index contributed by atoms with van der Waals surface area (Å²) in [6.45, 7) is 4.64. The third kappa shape index (κ3) is 5.07. The predicted molar refractivity (Wildman–Crippen MR) is 75.5 cm³/mol. The van der Waals surface area contributed by atoms with Gasteiger partial charge in [-0.2, -0.15) is 0 Å². The molecule has 0 saturated heterocycles. The van der Waals surface area contributed by atoms with E-state index < -0.39 is 0 Å². The van der Waals surface area contributed by atoms with Crippen LogP contribution in [0, 0.1) is 5.92 Å². The molecule has 0 aliphatic rings. The number of nitrogens with two attached hydrogens (primary N) is 1. The maximum absolute atomic E-state index is 11.7. The summed E-state index contributed by atoms with van der Waals surface area (Å²) >= 11 is 5.82. The second-order valence-corrected chi connectivity index (χ2v) is 5.16. The molecule has 0 bridgehead atoms. The third-order valence-corrected chi connectivity index (χ3v) is 3.27. The Morgan fingerprint density at radius 3 is 2.50 bits per heavy atom. The topological polar surface area (TPSA) is 55.1 Å². The van der Waals surface area contributed by atoms with Crippen LogP contribution < -0.4 is 11.1 Å². The van der Waals surface area contributed by atoms with Crippen molar-refractivity contribution in [3.63, 3.8) is 0 Å². The molecule has 0 spiro atoms. The minimum atomic E-state index is 0.00273. The average molecular weight is 269 g/mol. The fourth-order valence-corrected chi connectivity index (χ4v) is 1.77. The van der Waals surface area contributed by atoms with Crippen molar-refractivity contribution in [2.24, 2.45) is 11.7 Å². The van der Waals surface area contributed by atoms with E-state index >= 15 is 0 Å². The Hall–Kier alpha value is -1.06. The van der Waals surface area contributed by atoms with Crippen LogP contribution in [0.25, 0.3) is 0 Å². The van der Waals surface area contributed by atoms with E-state index in [2.05, 4.69) is 12.2 Å². The third-order valence-electron chi connectivity index (χ3n) is 3.01. The van der Waals surface area contributed by atoms with Gasteiger partial charge < -0.3 is 11.1 Å². The summed E-state index contributed by atoms with van der Waals surface area (Å²) in [5.41, 5.74) is 6.58. The van der Waals surface area contributed by atoms with E-state index in [-0.39, 0.29) is 11.9 Å². The summed E-state index contributed by atoms with van der Waals surface area (Å²) in [6, 6.07) is 7.51. The summed E-state index contributed by atoms with van der Waals surface area (Å²) in [5.74, 6) is 0.458. The van der Waals surface area contributed by atoms with Gasteiger partial charge in [-0.25, -0.2) is 0 Å². The van der Waals surface area contributed by atoms with Crippen molar-refractivity contribution >= 4 is 17.5 Å². The number of amides is 1. The molecule has 0 aliphatic carbocycles. The molecule has 0 fully saturated rings. The number of carbonyl (C=O) groups is 1. The number of hydrogen-bond donors (Lipinski definition) is 2. The lowest BCUT2D eigenvalue weighted by atomic mass is 10.0. The molecule has 0 saturated carbocycles. The molecule has 100 valence electrons. The number of hydrogen-bond acceptors (Lipinski definition) is 2. The van der Waals surface area contributed by atoms with Crippen LogP contribution in [0.4, 0.5) is 0 Å². The lowest BCUT2D eigenvalue weighted by Gasteiger charge is -2.15. The van der Waals surface area contributed by atoms with Gasteiger partial charge in [0.25, 0.3) is 0 Å². The SMILES string of the molecule is CC(CN)CCC(=O)N[C@@H](C)c1ccc(Cl)cc1. The van der Waals surface area contributed by atoms with Crippen LogP contribution in [0.15, 0.2) is 24.3 Å². The Bertz CT molecular complexity index is 378. The maximum atomic E-state index is 11.7. The molecular weight excluding hydrogens is 248 g/mol. The van der Waals surface area contributed by atoms with Gasteiger partial charge in [-0.15, -0.1) is 0 Å². The fourth-order valence-electron chi connectivity index (χ4n) is 1.64. The predicted octanol–water partition coefficient (Wildman–Crippen LogP) is 2.89. The van der Waals surface area contributed by atoms with E-state index in [1.54, 1.807) is 0 Å². The molecular formula is C14H21ClN2O. The van der Waals surface area contributed by atoms with Crippen molar-refractivity contribution in [3.05, 3.63) is 34.9 Å². The van der Waals surface area contributed by atoms with Gasteiger partial charge in [0, 0.05) is 11.4 Å². The van der Waals surface area contributed by atoms with E-state index in [1.807, 2.05) is 31.2 Å². The number of carbonyl (C=O) groups excluding carboxylic acids is 1. The van der Waals surface area contributed by atoms with Crippen molar-refractivity contribution in [2.45, 2.75) is 32.7 Å². The van der Waals surface area contributed by atoms with Crippen LogP contribution in [0.3, 0.4) is 0 Å². The van der Waals surface area contributed by atoms with Gasteiger partial charge in [0.2, 0.25) is 5.91 Å². The van der Waals surface area contributed by atoms with Crippen LogP contribution in [-0.2, 0) is 4.79 Å². The van der Waals surface area contributed by atoms with Gasteiger partial charge in [-0.3, -0.25) is 4.79 Å². The molecule has 1 unspecified atom stereocenters. The zero-order valence-corrected chi connectivity index (χ0v) is 11.7. The lowest BCUT2D eigenvalue weighted by molar-refractivity contribution is -0.122. The van der Waals surface area contributed by atoms with Crippen molar-refractivity contribution in [1.29, 1.82) is 0 Å². The monoisotopic (exact) mass is 268 g/mol. The zero-order valence-electron chi connectivity index (χ0n) is 10.9. The Labute approximate surface area is 114 Å². The first-order valence-electron chi connectivity index (χ1n) is 6.27. The van der Waals surface area contributed by atoms with Gasteiger partial charge >= 0.3 is 0 Å². The second kappa shape index (κ2) is 7.39. The molecule has 18 heavy (non-hydrogen) atoms. The molecule has 0 aliphatic heterocycles. The summed E-state index contributed by atoms with van der Waals surface area (Å²) in [6.07, 6.45) is 1.35. The minimum absolute atomic E-state index is 0.00273. The first kappa shape index (κ1) is 15.0. The molecule has 0 aromatic heterocycles. The smallest absolute Gasteiger partial charge is 0.220 e. The number of halogens is 1. The Balaban J connectivity index is 2.42. The fraction of sp³-hybridized carbons (Fsp3) is 0.500. The van der Waals surface area contributed by atoms with Gasteiger partial charge in [-0.05, 0) is 43.5 Å². The molecule has 0 radical (unpaired) electrons. The molecule has 3 N–H and O–H groups in total. The van der Waals surface area contributed by atoms with E-state index in [1.165, 1.54) is 0 Å². The first-order valence-corrected chi connectivity index (χ1v) is 6.65. The normalized spacial score (nSPS) is 14.0. The molecule has 1 rings (SSSR count). The molecule has 4 heteroatoms. The van der Waals surface area contributed by atoms with Crippen molar-refractivity contribution in [3.8, 4) is 0 Å². The number of benzene rings is 1. The van der Waals surface area contributed by atoms with E-state index in [9.17, 15) is 4.79 Å². The second-order valence-electron chi connectivity index (χ2n) is 4.72. The van der Waals surface area contributed by atoms with E-state index in [4.69, 9.17) is 17.3 Å². The summed E-state index contributed by atoms with van der Waals surface area (Å²) in [4.78, 5) is 11.7. The van der Waals surface area contributed by atoms with Gasteiger partial charge in [0.05, 0.1) is 6.04 Å². The van der Waals surface area contributed by atoms with Crippen LogP contribution in [-0.4, -0.2) is 12.5 Å². The van der Waals surface area contributed by atoms with Crippen molar-refractivity contribution < 1.29 is 4.79 Å². The van der Waals surface area contributed by atoms with Gasteiger partial charge in [-0.1, -0.05) is 30.7 Å². The molecule has 1 aromatic carbocycles. The van der Waals surface area contributed by atoms with Crippen LogP contribution in [0.5, 0.6) is 0 Å². The molecule has 2 atom stereocenters. The molecule has 1 amide bonds. The van der Waals surface area contributed by atoms with Crippen LogP contribution in [0.2, 0.25) is 5.02 Å². The summed E-state index contributed by atoms with van der Waals surface area (Å²) in [5, 5.41) is 3.68. The number of rotatable bonds is 6. The Morgan fingerprint density at radius 1 is 1.33 bits per heavy atom. The first-order chi connectivity index (χ1) is 8.52. The molecule has 0 heterocycles. The summed E-state index contributed by atoms with van der Waals surface area (Å²) < 4.78 is 0. The van der Waals surface area contributed by atoms with Crippen molar-refractivity contribution in [2.75, 3.05) is 6.54 Å². The van der Waals surface area contributed by atoms with Crippen molar-refractivity contribution in [1.82, 2.24) is 5.32 Å². The largest absolute Gasteiger partial charge is 0.350 e. The highest BCUT2D eigenvalue weighted by atomic mass is 35.5. The van der Waals surface area contributed by atoms with E-state index in [0.29, 0.717) is 23.9 Å². The average Bonchev–Trinajstić information content (AvgIpc) is 2.36. The van der Waals surface area contributed by atoms with Crippen LogP contribution in [0.1, 0.15) is 38.3 Å². The highest BCUT2D eigenvalue weighted by molar-refractivity contribution is 6.30. The van der Waals surface area contributed by atoms with Gasteiger partial charge in [0.15, 0.2) is 0 Å². The molecule has 3 nitrogen and oxygen atoms in total. The highest BCUT2D eigenvalue weighted by Gasteiger charge is 2.10. The quantitative estimate of drug-likeness (QED) is 0.834. The molecule has 1 aromatic rings. The highest BCUT2D eigenvalue weighted by Crippen LogP contribution is 2.16. The van der Waals surface area contributed by atoms with E-state index in [0.717, 1.165) is 12.0 Å². The summed E-state index contributed by atoms with van der Waals surface area (Å²) in [7, 11) is 0. The minimum Gasteiger partial charge on any atom is -0.350 e. The number of nitrogens with one attached hydrogen (secondary N) is 1.